The molecule has 0 aromatic heterocycles. The molecule has 11 rings (SSSR count). The topological polar surface area (TPSA) is 29.3 Å². The number of hydrogen-bond acceptors (Lipinski definition) is 3. The molecule has 2 aromatic rings. The summed E-state index contributed by atoms with van der Waals surface area (Å²) in [6.45, 7) is 4.91. The molecule has 0 spiro atoms. The van der Waals surface area contributed by atoms with E-state index in [0.29, 0.717) is 53.4 Å². The van der Waals surface area contributed by atoms with Crippen LogP contribution in [0.25, 0.3) is 5.57 Å². The summed E-state index contributed by atoms with van der Waals surface area (Å²) in [7, 11) is 0. The fourth-order valence-corrected chi connectivity index (χ4v) is 14.3. The van der Waals surface area contributed by atoms with E-state index in [1.807, 2.05) is 22.9 Å². The van der Waals surface area contributed by atoms with Crippen LogP contribution >= 0.6 is 11.8 Å². The van der Waals surface area contributed by atoms with E-state index in [0.717, 1.165) is 25.7 Å². The summed E-state index contributed by atoms with van der Waals surface area (Å²) >= 11 is 2.01. The Balaban J connectivity index is 0.905. The third kappa shape index (κ3) is 6.44. The predicted octanol–water partition coefficient (Wildman–Crippen LogP) is 14.2. The Morgan fingerprint density at radius 1 is 0.915 bits per heavy atom. The first-order valence-electron chi connectivity index (χ1n) is 23.1. The van der Waals surface area contributed by atoms with Crippen molar-refractivity contribution in [3.8, 4) is 0 Å². The quantitative estimate of drug-likeness (QED) is 0.283. The normalized spacial score (nSPS) is 32.3. The van der Waals surface area contributed by atoms with Crippen molar-refractivity contribution in [3.63, 3.8) is 0 Å². The van der Waals surface area contributed by atoms with Crippen LogP contribution in [0.15, 0.2) is 177 Å². The number of para-hydroxylation sites is 1. The zero-order valence-corrected chi connectivity index (χ0v) is 35.8. The maximum atomic E-state index is 6.04. The lowest BCUT2D eigenvalue weighted by Crippen LogP contribution is -2.38. The summed E-state index contributed by atoms with van der Waals surface area (Å²) in [5.41, 5.74) is 23.2. The monoisotopic (exact) mass is 792 g/mol. The number of benzene rings is 2. The largest absolute Gasteiger partial charge is 0.405 e. The van der Waals surface area contributed by atoms with E-state index in [1.54, 1.807) is 33.4 Å². The molecule has 0 bridgehead atoms. The van der Waals surface area contributed by atoms with Crippen molar-refractivity contribution >= 4 is 23.0 Å². The lowest BCUT2D eigenvalue weighted by Gasteiger charge is -2.48. The van der Waals surface area contributed by atoms with Crippen LogP contribution in [-0.2, 0) is 0 Å². The Hall–Kier alpha value is -4.47. The second-order valence-corrected chi connectivity index (χ2v) is 20.0. The van der Waals surface area contributed by atoms with Gasteiger partial charge in [-0.05, 0) is 151 Å². The average Bonchev–Trinajstić information content (AvgIpc) is 3.83. The van der Waals surface area contributed by atoms with Crippen LogP contribution in [0.2, 0.25) is 0 Å². The Bertz CT molecular complexity index is 2400. The molecule has 8 unspecified atom stereocenters. The first kappa shape index (κ1) is 37.5. The molecular formula is C56H60N2S. The van der Waals surface area contributed by atoms with Crippen LogP contribution in [0.3, 0.4) is 0 Å². The second kappa shape index (κ2) is 15.5. The molecule has 0 saturated carbocycles. The van der Waals surface area contributed by atoms with Gasteiger partial charge in [0.2, 0.25) is 0 Å². The summed E-state index contributed by atoms with van der Waals surface area (Å²) in [5.74, 6) is 4.18. The molecule has 59 heavy (non-hydrogen) atoms. The minimum Gasteiger partial charge on any atom is -0.405 e. The van der Waals surface area contributed by atoms with Crippen LogP contribution in [-0.4, -0.2) is 6.04 Å². The number of fused-ring (bicyclic) bond motifs is 8. The van der Waals surface area contributed by atoms with Gasteiger partial charge in [-0.25, -0.2) is 0 Å². The highest BCUT2D eigenvalue weighted by Gasteiger charge is 2.46. The van der Waals surface area contributed by atoms with E-state index in [2.05, 4.69) is 140 Å². The highest BCUT2D eigenvalue weighted by atomic mass is 32.2. The Morgan fingerprint density at radius 3 is 2.64 bits per heavy atom. The maximum Gasteiger partial charge on any atom is 0.0592 e. The molecule has 3 heteroatoms. The smallest absolute Gasteiger partial charge is 0.0592 e. The maximum absolute atomic E-state index is 6.04. The van der Waals surface area contributed by atoms with Gasteiger partial charge in [-0.15, -0.1) is 0 Å². The Labute approximate surface area is 357 Å². The lowest BCUT2D eigenvalue weighted by atomic mass is 9.57. The van der Waals surface area contributed by atoms with Crippen molar-refractivity contribution in [2.24, 2.45) is 47.2 Å². The molecular weight excluding hydrogens is 733 g/mol. The number of thioether (sulfide) groups is 1. The highest BCUT2D eigenvalue weighted by molar-refractivity contribution is 8.03. The molecule has 9 aliphatic rings. The van der Waals surface area contributed by atoms with Crippen LogP contribution in [0.5, 0.6) is 0 Å². The van der Waals surface area contributed by atoms with Crippen molar-refractivity contribution in [1.82, 2.24) is 0 Å². The molecule has 7 aliphatic carbocycles. The van der Waals surface area contributed by atoms with Crippen LogP contribution in [0.1, 0.15) is 102 Å². The van der Waals surface area contributed by atoms with Crippen molar-refractivity contribution in [2.45, 2.75) is 101 Å². The minimum absolute atomic E-state index is 0.382. The number of anilines is 1. The van der Waals surface area contributed by atoms with E-state index < -0.39 is 0 Å². The molecule has 300 valence electrons. The molecule has 2 N–H and O–H groups in total. The number of allylic oxidation sites excluding steroid dienone is 20. The first-order valence-corrected chi connectivity index (χ1v) is 24.0. The number of nitrogens with two attached hydrogens (primary N) is 1. The van der Waals surface area contributed by atoms with Crippen LogP contribution in [0, 0.1) is 41.4 Å². The van der Waals surface area contributed by atoms with E-state index in [4.69, 9.17) is 5.73 Å². The molecule has 0 fully saturated rings. The van der Waals surface area contributed by atoms with Crippen molar-refractivity contribution in [2.75, 3.05) is 4.90 Å². The van der Waals surface area contributed by atoms with Gasteiger partial charge in [-0.1, -0.05) is 146 Å². The van der Waals surface area contributed by atoms with Gasteiger partial charge in [0.25, 0.3) is 0 Å². The van der Waals surface area contributed by atoms with E-state index in [1.165, 1.54) is 77.9 Å². The van der Waals surface area contributed by atoms with Gasteiger partial charge in [0.15, 0.2) is 0 Å². The van der Waals surface area contributed by atoms with E-state index in [-0.39, 0.29) is 0 Å². The summed E-state index contributed by atoms with van der Waals surface area (Å²) < 4.78 is 0. The van der Waals surface area contributed by atoms with Gasteiger partial charge in [0.05, 0.1) is 6.04 Å². The number of rotatable bonds is 7. The zero-order valence-electron chi connectivity index (χ0n) is 35.0. The van der Waals surface area contributed by atoms with Gasteiger partial charge in [0.1, 0.15) is 0 Å². The van der Waals surface area contributed by atoms with Gasteiger partial charge in [-0.2, -0.15) is 0 Å². The second-order valence-electron chi connectivity index (χ2n) is 18.9. The third-order valence-electron chi connectivity index (χ3n) is 15.9. The van der Waals surface area contributed by atoms with Gasteiger partial charge in [-0.3, -0.25) is 0 Å². The SMILES string of the molecule is CCC(/C=C\N)C1C=C(C2=CC=CCC2)C=C(N2c3ccccc3C3=CC(C4=CC5C6=C(CCCC6)[C@@H](C6=CC=C7Sc8ccccc8C7C6)C(C)C5C=C4)CCC32)C1. The van der Waals surface area contributed by atoms with Crippen molar-refractivity contribution in [3.05, 3.63) is 183 Å². The number of hydrogen-bond donors (Lipinski definition) is 1. The molecule has 2 nitrogen and oxygen atoms in total. The fraction of sp³-hybridized carbons (Fsp3) is 0.393. The molecule has 2 aliphatic heterocycles. The lowest BCUT2D eigenvalue weighted by molar-refractivity contribution is 0.255. The molecule has 0 saturated heterocycles. The zero-order chi connectivity index (χ0) is 39.6. The minimum atomic E-state index is 0.382. The molecule has 9 atom stereocenters. The summed E-state index contributed by atoms with van der Waals surface area (Å²) in [6.07, 6.45) is 45.0. The van der Waals surface area contributed by atoms with Gasteiger partial charge < -0.3 is 10.6 Å². The molecule has 2 aromatic carbocycles. The first-order chi connectivity index (χ1) is 29.1. The van der Waals surface area contributed by atoms with Crippen LogP contribution < -0.4 is 10.6 Å². The number of nitrogens with zero attached hydrogens (tertiary/aromatic N) is 1. The average molecular weight is 793 g/mol. The Morgan fingerprint density at radius 2 is 1.78 bits per heavy atom. The third-order valence-corrected chi connectivity index (χ3v) is 17.1. The molecule has 0 amide bonds. The summed E-state index contributed by atoms with van der Waals surface area (Å²) in [4.78, 5) is 5.78. The molecule has 0 radical (unpaired) electrons. The predicted molar refractivity (Wildman–Crippen MR) is 249 cm³/mol. The molecule has 2 heterocycles. The standard InChI is InChI=1S/C56H60N2S/c1-3-36(27-28-57)41-29-42(37-13-5-4-6-14-37)31-43(30-41)58-52-19-11-9-16-46(52)50-33-39(22-25-53(50)58)38-21-24-44-35(2)56(48-18-8-7-15-45(48)49(44)32-38)40-23-26-55-51(34-40)47-17-10-12-20-54(47)59-55/h4-5,9-13,16-17,19-21,23-24,26-29,31-33,35-36,39,41,44,49,51,53,56H,3,6-8,14-15,18,22,25,30,34,57H2,1-2H3/b28-27-/t35?,36?,39?,41?,44?,49?,51?,53?,56-/m1/s1. The van der Waals surface area contributed by atoms with Crippen molar-refractivity contribution in [1.29, 1.82) is 0 Å². The summed E-state index contributed by atoms with van der Waals surface area (Å²) in [5, 5.41) is 0. The van der Waals surface area contributed by atoms with Gasteiger partial charge >= 0.3 is 0 Å². The highest BCUT2D eigenvalue weighted by Crippen LogP contribution is 2.59. The Kier molecular flexibility index (Phi) is 9.88. The van der Waals surface area contributed by atoms with Gasteiger partial charge in [0, 0.05) is 45.5 Å². The fourth-order valence-electron chi connectivity index (χ4n) is 13.1. The van der Waals surface area contributed by atoms with E-state index >= 15 is 0 Å². The summed E-state index contributed by atoms with van der Waals surface area (Å²) in [6, 6.07) is 18.8. The van der Waals surface area contributed by atoms with Crippen molar-refractivity contribution < 1.29 is 0 Å². The van der Waals surface area contributed by atoms with E-state index in [9.17, 15) is 0 Å². The van der Waals surface area contributed by atoms with Crippen LogP contribution in [0.4, 0.5) is 5.69 Å².